The topological polar surface area (TPSA) is 52.9 Å². The molecule has 1 N–H and O–H groups in total. The van der Waals surface area contributed by atoms with E-state index in [4.69, 9.17) is 0 Å². The Balaban J connectivity index is 2.03. The van der Waals surface area contributed by atoms with Gasteiger partial charge in [0, 0.05) is 11.3 Å². The number of carbonyl (C=O) groups excluding carboxylic acids is 1. The third-order valence-electron chi connectivity index (χ3n) is 4.32. The number of fused-ring (bicyclic) bond motifs is 1. The summed E-state index contributed by atoms with van der Waals surface area (Å²) in [4.78, 5) is 12.4. The van der Waals surface area contributed by atoms with Crippen molar-refractivity contribution in [2.24, 2.45) is 11.0 Å². The number of hydrogen-bond acceptors (Lipinski definition) is 3. The van der Waals surface area contributed by atoms with Crippen LogP contribution in [-0.2, 0) is 0 Å². The van der Waals surface area contributed by atoms with Gasteiger partial charge in [-0.25, -0.2) is 4.39 Å². The van der Waals surface area contributed by atoms with Gasteiger partial charge >= 0.3 is 6.18 Å². The Morgan fingerprint density at radius 2 is 1.91 bits per heavy atom. The fourth-order valence-electron chi connectivity index (χ4n) is 3.13. The summed E-state index contributed by atoms with van der Waals surface area (Å²) >= 11 is 0. The summed E-state index contributed by atoms with van der Waals surface area (Å²) in [6.45, 7) is 0. The van der Waals surface area contributed by atoms with Crippen LogP contribution in [-0.4, -0.2) is 33.6 Å². The molecule has 1 aromatic carbocycles. The highest BCUT2D eigenvalue weighted by atomic mass is 19.4. The minimum absolute atomic E-state index is 0.113. The van der Waals surface area contributed by atoms with Gasteiger partial charge in [0.2, 0.25) is 0 Å². The van der Waals surface area contributed by atoms with Crippen LogP contribution in [0, 0.1) is 11.7 Å². The Kier molecular flexibility index (Phi) is 3.66. The lowest BCUT2D eigenvalue weighted by Crippen LogP contribution is -2.61. The molecule has 0 aromatic heterocycles. The first-order valence-corrected chi connectivity index (χ1v) is 7.21. The molecule has 0 bridgehead atoms. The molecule has 0 unspecified atom stereocenters. The van der Waals surface area contributed by atoms with Gasteiger partial charge in [0.25, 0.3) is 11.6 Å². The molecule has 2 aliphatic rings. The van der Waals surface area contributed by atoms with E-state index in [2.05, 4.69) is 5.10 Å². The van der Waals surface area contributed by atoms with Crippen LogP contribution in [0.15, 0.2) is 29.4 Å². The molecule has 3 rings (SSSR count). The first kappa shape index (κ1) is 15.9. The van der Waals surface area contributed by atoms with Crippen LogP contribution in [0.3, 0.4) is 0 Å². The maximum atomic E-state index is 13.5. The monoisotopic (exact) mass is 330 g/mol. The van der Waals surface area contributed by atoms with Crippen LogP contribution >= 0.6 is 0 Å². The van der Waals surface area contributed by atoms with Crippen molar-refractivity contribution < 1.29 is 27.5 Å². The van der Waals surface area contributed by atoms with Gasteiger partial charge in [-0.1, -0.05) is 6.42 Å². The fraction of sp³-hybridized carbons (Fsp3) is 0.467. The van der Waals surface area contributed by atoms with E-state index in [1.807, 2.05) is 0 Å². The molecule has 1 saturated carbocycles. The molecule has 1 amide bonds. The molecule has 1 heterocycles. The summed E-state index contributed by atoms with van der Waals surface area (Å²) in [5.41, 5.74) is -3.34. The lowest BCUT2D eigenvalue weighted by molar-refractivity contribution is -0.312. The van der Waals surface area contributed by atoms with E-state index in [1.165, 1.54) is 0 Å². The summed E-state index contributed by atoms with van der Waals surface area (Å²) in [7, 11) is 0. The summed E-state index contributed by atoms with van der Waals surface area (Å²) in [5.74, 6) is -2.97. The largest absolute Gasteiger partial charge is 0.439 e. The Bertz CT molecular complexity index is 656. The molecular formula is C15H14F4N2O2. The van der Waals surface area contributed by atoms with E-state index < -0.39 is 29.5 Å². The average Bonchev–Trinajstić information content (AvgIpc) is 2.82. The van der Waals surface area contributed by atoms with Crippen molar-refractivity contribution in [3.8, 4) is 0 Å². The third-order valence-corrected chi connectivity index (χ3v) is 4.32. The van der Waals surface area contributed by atoms with Crippen molar-refractivity contribution in [3.05, 3.63) is 35.6 Å². The average molecular weight is 330 g/mol. The van der Waals surface area contributed by atoms with Crippen LogP contribution in [0.1, 0.15) is 36.0 Å². The molecule has 8 heteroatoms. The van der Waals surface area contributed by atoms with Gasteiger partial charge in [0.05, 0.1) is 5.92 Å². The van der Waals surface area contributed by atoms with Crippen molar-refractivity contribution in [1.29, 1.82) is 0 Å². The smallest absolute Gasteiger partial charge is 0.362 e. The first-order valence-electron chi connectivity index (χ1n) is 7.21. The Morgan fingerprint density at radius 1 is 1.26 bits per heavy atom. The highest BCUT2D eigenvalue weighted by Gasteiger charge is 2.68. The quantitative estimate of drug-likeness (QED) is 0.805. The molecule has 4 nitrogen and oxygen atoms in total. The predicted octanol–water partition coefficient (Wildman–Crippen LogP) is 3.08. The number of hydrogen-bond donors (Lipinski definition) is 1. The van der Waals surface area contributed by atoms with Crippen LogP contribution < -0.4 is 0 Å². The minimum atomic E-state index is -5.05. The summed E-state index contributed by atoms with van der Waals surface area (Å²) in [5, 5.41) is 14.2. The molecule has 1 fully saturated rings. The fourth-order valence-corrected chi connectivity index (χ4v) is 3.13. The van der Waals surface area contributed by atoms with Crippen LogP contribution in [0.4, 0.5) is 17.6 Å². The zero-order valence-electron chi connectivity index (χ0n) is 12.0. The standard InChI is InChI=1S/C15H14F4N2O2/c16-10-7-5-9(6-8-10)13(22)21-14(23,15(17,18)19)11-3-1-2-4-12(11)20-21/h5-8,11,23H,1-4H2/t11-,14-/m1/s1. The molecule has 0 spiro atoms. The van der Waals surface area contributed by atoms with E-state index in [-0.39, 0.29) is 22.7 Å². The van der Waals surface area contributed by atoms with E-state index in [9.17, 15) is 27.5 Å². The molecular weight excluding hydrogens is 316 g/mol. The van der Waals surface area contributed by atoms with Crippen molar-refractivity contribution >= 4 is 11.6 Å². The number of nitrogens with zero attached hydrogens (tertiary/aromatic N) is 2. The number of aliphatic hydroxyl groups is 1. The van der Waals surface area contributed by atoms with Crippen molar-refractivity contribution in [2.45, 2.75) is 37.6 Å². The lowest BCUT2D eigenvalue weighted by atomic mass is 9.80. The van der Waals surface area contributed by atoms with E-state index in [0.29, 0.717) is 19.3 Å². The lowest BCUT2D eigenvalue weighted by Gasteiger charge is -2.38. The molecule has 23 heavy (non-hydrogen) atoms. The summed E-state index contributed by atoms with van der Waals surface area (Å²) in [6.07, 6.45) is -3.42. The second-order valence-corrected chi connectivity index (χ2v) is 5.74. The Labute approximate surface area is 129 Å². The zero-order chi connectivity index (χ0) is 16.8. The number of hydrazone groups is 1. The minimum Gasteiger partial charge on any atom is -0.362 e. The molecule has 1 aliphatic carbocycles. The zero-order valence-corrected chi connectivity index (χ0v) is 12.0. The predicted molar refractivity (Wildman–Crippen MR) is 73.0 cm³/mol. The summed E-state index contributed by atoms with van der Waals surface area (Å²) < 4.78 is 53.5. The number of amides is 1. The van der Waals surface area contributed by atoms with E-state index >= 15 is 0 Å². The third kappa shape index (κ3) is 2.41. The Morgan fingerprint density at radius 3 is 2.52 bits per heavy atom. The molecule has 124 valence electrons. The van der Waals surface area contributed by atoms with Gasteiger partial charge in [-0.3, -0.25) is 4.79 Å². The second-order valence-electron chi connectivity index (χ2n) is 5.74. The molecule has 2 atom stereocenters. The van der Waals surface area contributed by atoms with Crippen molar-refractivity contribution in [2.75, 3.05) is 0 Å². The van der Waals surface area contributed by atoms with Crippen molar-refractivity contribution in [1.82, 2.24) is 5.01 Å². The molecule has 1 aromatic rings. The number of carbonyl (C=O) groups is 1. The van der Waals surface area contributed by atoms with Gasteiger partial charge in [0.1, 0.15) is 5.82 Å². The van der Waals surface area contributed by atoms with Crippen LogP contribution in [0.25, 0.3) is 0 Å². The Hall–Kier alpha value is -1.96. The summed E-state index contributed by atoms with van der Waals surface area (Å²) in [6, 6.07) is 4.07. The van der Waals surface area contributed by atoms with Crippen molar-refractivity contribution in [3.63, 3.8) is 0 Å². The van der Waals surface area contributed by atoms with Gasteiger partial charge < -0.3 is 5.11 Å². The maximum Gasteiger partial charge on any atom is 0.439 e. The van der Waals surface area contributed by atoms with Gasteiger partial charge in [0.15, 0.2) is 0 Å². The number of rotatable bonds is 1. The van der Waals surface area contributed by atoms with E-state index in [0.717, 1.165) is 24.3 Å². The highest BCUT2D eigenvalue weighted by molar-refractivity contribution is 5.99. The van der Waals surface area contributed by atoms with Crippen LogP contribution in [0.2, 0.25) is 0 Å². The second kappa shape index (κ2) is 5.30. The van der Waals surface area contributed by atoms with E-state index in [1.54, 1.807) is 0 Å². The molecule has 1 aliphatic heterocycles. The van der Waals surface area contributed by atoms with Gasteiger partial charge in [-0.2, -0.15) is 23.3 Å². The maximum absolute atomic E-state index is 13.5. The highest BCUT2D eigenvalue weighted by Crippen LogP contribution is 2.48. The molecule has 0 saturated heterocycles. The van der Waals surface area contributed by atoms with Gasteiger partial charge in [-0.15, -0.1) is 0 Å². The first-order chi connectivity index (χ1) is 10.7. The number of alkyl halides is 3. The SMILES string of the molecule is O=C(c1ccc(F)cc1)N1N=C2CCCC[C@H]2[C@@]1(O)C(F)(F)F. The van der Waals surface area contributed by atoms with Crippen LogP contribution in [0.5, 0.6) is 0 Å². The normalized spacial score (nSPS) is 27.6. The number of benzene rings is 1. The van der Waals surface area contributed by atoms with Gasteiger partial charge in [-0.05, 0) is 43.5 Å². The number of halogens is 4. The molecule has 0 radical (unpaired) electrons.